The maximum absolute atomic E-state index is 12.7. The Balaban J connectivity index is 2.13. The second-order valence-electron chi connectivity index (χ2n) is 6.97. The lowest BCUT2D eigenvalue weighted by atomic mass is 9.96. The fraction of sp³-hybridized carbons (Fsp3) is 0.632. The van der Waals surface area contributed by atoms with Crippen molar-refractivity contribution in [3.8, 4) is 0 Å². The van der Waals surface area contributed by atoms with Crippen molar-refractivity contribution in [2.24, 2.45) is 0 Å². The molecule has 0 spiro atoms. The molecule has 1 aromatic rings. The normalized spacial score (nSPS) is 16.6. The maximum atomic E-state index is 12.7. The molecule has 0 unspecified atom stereocenters. The Morgan fingerprint density at radius 1 is 1.35 bits per heavy atom. The number of nitrogens with zero attached hydrogens (tertiary/aromatic N) is 2. The number of urea groups is 1. The summed E-state index contributed by atoms with van der Waals surface area (Å²) in [6.45, 7) is 8.60. The Bertz CT molecular complexity index is 533. The standard InChI is InChI=1S/C19H31N3O/c1-6-15-8-7-9-17(14(2)3)18(15)20-19(23)22(5)16-10-12-21(4)13-11-16/h7-9,14,16H,6,10-13H2,1-5H3,(H,20,23). The number of hydrogen-bond acceptors (Lipinski definition) is 2. The van der Waals surface area contributed by atoms with E-state index < -0.39 is 0 Å². The first-order valence-electron chi connectivity index (χ1n) is 8.78. The van der Waals surface area contributed by atoms with Crippen LogP contribution >= 0.6 is 0 Å². The van der Waals surface area contributed by atoms with Crippen molar-refractivity contribution in [3.05, 3.63) is 29.3 Å². The molecule has 128 valence electrons. The van der Waals surface area contributed by atoms with Gasteiger partial charge in [-0.3, -0.25) is 0 Å². The van der Waals surface area contributed by atoms with Crippen LogP contribution in [0, 0.1) is 0 Å². The van der Waals surface area contributed by atoms with Crippen LogP contribution in [0.15, 0.2) is 18.2 Å². The lowest BCUT2D eigenvalue weighted by Gasteiger charge is -2.35. The third-order valence-corrected chi connectivity index (χ3v) is 4.97. The van der Waals surface area contributed by atoms with Gasteiger partial charge in [0.1, 0.15) is 0 Å². The molecule has 4 nitrogen and oxygen atoms in total. The average Bonchev–Trinajstić information content (AvgIpc) is 2.54. The molecule has 2 amide bonds. The lowest BCUT2D eigenvalue weighted by molar-refractivity contribution is 0.156. The van der Waals surface area contributed by atoms with Gasteiger partial charge in [-0.25, -0.2) is 4.79 Å². The Morgan fingerprint density at radius 2 is 2.00 bits per heavy atom. The topological polar surface area (TPSA) is 35.6 Å². The van der Waals surface area contributed by atoms with E-state index in [1.54, 1.807) is 0 Å². The number of hydrogen-bond donors (Lipinski definition) is 1. The zero-order valence-corrected chi connectivity index (χ0v) is 15.2. The Hall–Kier alpha value is -1.55. The molecule has 4 heteroatoms. The summed E-state index contributed by atoms with van der Waals surface area (Å²) in [4.78, 5) is 17.0. The number of anilines is 1. The monoisotopic (exact) mass is 317 g/mol. The number of benzene rings is 1. The van der Waals surface area contributed by atoms with Gasteiger partial charge in [0.05, 0.1) is 0 Å². The first-order valence-corrected chi connectivity index (χ1v) is 8.78. The van der Waals surface area contributed by atoms with E-state index in [1.165, 1.54) is 11.1 Å². The molecule has 0 aromatic heterocycles. The second kappa shape index (κ2) is 7.82. The molecule has 1 fully saturated rings. The molecule has 23 heavy (non-hydrogen) atoms. The van der Waals surface area contributed by atoms with E-state index in [4.69, 9.17) is 0 Å². The highest BCUT2D eigenvalue weighted by molar-refractivity contribution is 5.91. The van der Waals surface area contributed by atoms with E-state index in [9.17, 15) is 4.79 Å². The van der Waals surface area contributed by atoms with Gasteiger partial charge in [-0.05, 0) is 56.4 Å². The highest BCUT2D eigenvalue weighted by Gasteiger charge is 2.25. The number of piperidine rings is 1. The molecule has 0 atom stereocenters. The summed E-state index contributed by atoms with van der Waals surface area (Å²) in [5.74, 6) is 0.394. The SMILES string of the molecule is CCc1cccc(C(C)C)c1NC(=O)N(C)C1CCN(C)CC1. The molecule has 1 heterocycles. The predicted molar refractivity (Wildman–Crippen MR) is 97.2 cm³/mol. The van der Waals surface area contributed by atoms with Crippen molar-refractivity contribution >= 4 is 11.7 Å². The Morgan fingerprint density at radius 3 is 2.57 bits per heavy atom. The smallest absolute Gasteiger partial charge is 0.321 e. The van der Waals surface area contributed by atoms with Gasteiger partial charge in [-0.2, -0.15) is 0 Å². The van der Waals surface area contributed by atoms with Crippen molar-refractivity contribution in [2.75, 3.05) is 32.5 Å². The van der Waals surface area contributed by atoms with Crippen LogP contribution in [0.5, 0.6) is 0 Å². The summed E-state index contributed by atoms with van der Waals surface area (Å²) in [5, 5.41) is 3.19. The van der Waals surface area contributed by atoms with Crippen LogP contribution in [0.3, 0.4) is 0 Å². The van der Waals surface area contributed by atoms with Gasteiger partial charge in [0.15, 0.2) is 0 Å². The molecule has 0 aliphatic carbocycles. The molecule has 0 bridgehead atoms. The third kappa shape index (κ3) is 4.25. The minimum atomic E-state index is 0.0161. The first kappa shape index (κ1) is 17.8. The number of carbonyl (C=O) groups excluding carboxylic acids is 1. The number of aryl methyl sites for hydroxylation is 1. The number of nitrogens with one attached hydrogen (secondary N) is 1. The number of para-hydroxylation sites is 1. The quantitative estimate of drug-likeness (QED) is 0.913. The fourth-order valence-electron chi connectivity index (χ4n) is 3.29. The summed E-state index contributed by atoms with van der Waals surface area (Å²) in [7, 11) is 4.07. The molecule has 0 radical (unpaired) electrons. The number of carbonyl (C=O) groups is 1. The Labute approximate surface area is 140 Å². The average molecular weight is 317 g/mol. The summed E-state index contributed by atoms with van der Waals surface area (Å²) < 4.78 is 0. The van der Waals surface area contributed by atoms with Crippen LogP contribution in [-0.4, -0.2) is 49.1 Å². The van der Waals surface area contributed by atoms with Crippen molar-refractivity contribution in [2.45, 2.75) is 52.0 Å². The molecular formula is C19H31N3O. The predicted octanol–water partition coefficient (Wildman–Crippen LogP) is 3.93. The van der Waals surface area contributed by atoms with Crippen LogP contribution in [0.25, 0.3) is 0 Å². The summed E-state index contributed by atoms with van der Waals surface area (Å²) in [6, 6.07) is 6.67. The number of amides is 2. The van der Waals surface area contributed by atoms with Gasteiger partial charge in [-0.1, -0.05) is 39.0 Å². The molecule has 1 saturated heterocycles. The van der Waals surface area contributed by atoms with Crippen molar-refractivity contribution in [1.29, 1.82) is 0 Å². The van der Waals surface area contributed by atoms with Gasteiger partial charge in [0.2, 0.25) is 0 Å². The zero-order valence-electron chi connectivity index (χ0n) is 15.2. The van der Waals surface area contributed by atoms with Crippen molar-refractivity contribution in [1.82, 2.24) is 9.80 Å². The van der Waals surface area contributed by atoms with E-state index >= 15 is 0 Å². The highest BCUT2D eigenvalue weighted by atomic mass is 16.2. The van der Waals surface area contributed by atoms with Crippen LogP contribution in [0.1, 0.15) is 50.7 Å². The highest BCUT2D eigenvalue weighted by Crippen LogP contribution is 2.29. The first-order chi connectivity index (χ1) is 10.9. The van der Waals surface area contributed by atoms with Gasteiger partial charge in [0.25, 0.3) is 0 Å². The van der Waals surface area contributed by atoms with Gasteiger partial charge < -0.3 is 15.1 Å². The van der Waals surface area contributed by atoms with Gasteiger partial charge in [0, 0.05) is 18.8 Å². The number of rotatable bonds is 4. The summed E-state index contributed by atoms with van der Waals surface area (Å²) in [5.41, 5.74) is 3.44. The Kier molecular flexibility index (Phi) is 6.05. The summed E-state index contributed by atoms with van der Waals surface area (Å²) in [6.07, 6.45) is 3.02. The maximum Gasteiger partial charge on any atom is 0.321 e. The van der Waals surface area contributed by atoms with Crippen molar-refractivity contribution < 1.29 is 4.79 Å². The van der Waals surface area contributed by atoms with Crippen LogP contribution in [0.2, 0.25) is 0 Å². The van der Waals surface area contributed by atoms with Gasteiger partial charge in [-0.15, -0.1) is 0 Å². The van der Waals surface area contributed by atoms with E-state index in [0.717, 1.165) is 38.0 Å². The largest absolute Gasteiger partial charge is 0.325 e. The third-order valence-electron chi connectivity index (χ3n) is 4.97. The molecular weight excluding hydrogens is 286 g/mol. The molecule has 1 aliphatic rings. The molecule has 1 aromatic carbocycles. The molecule has 0 saturated carbocycles. The second-order valence-corrected chi connectivity index (χ2v) is 6.97. The minimum absolute atomic E-state index is 0.0161. The van der Waals surface area contributed by atoms with E-state index in [0.29, 0.717) is 12.0 Å². The zero-order chi connectivity index (χ0) is 17.0. The van der Waals surface area contributed by atoms with E-state index in [1.807, 2.05) is 11.9 Å². The van der Waals surface area contributed by atoms with Crippen molar-refractivity contribution in [3.63, 3.8) is 0 Å². The fourth-order valence-corrected chi connectivity index (χ4v) is 3.29. The summed E-state index contributed by atoms with van der Waals surface area (Å²) >= 11 is 0. The van der Waals surface area contributed by atoms with Crippen LogP contribution < -0.4 is 5.32 Å². The van der Waals surface area contributed by atoms with E-state index in [2.05, 4.69) is 56.2 Å². The van der Waals surface area contributed by atoms with Crippen LogP contribution in [0.4, 0.5) is 10.5 Å². The lowest BCUT2D eigenvalue weighted by Crippen LogP contribution is -2.46. The number of likely N-dealkylation sites (tertiary alicyclic amines) is 1. The minimum Gasteiger partial charge on any atom is -0.325 e. The van der Waals surface area contributed by atoms with E-state index in [-0.39, 0.29) is 6.03 Å². The molecule has 2 rings (SSSR count). The molecule has 1 aliphatic heterocycles. The van der Waals surface area contributed by atoms with Gasteiger partial charge >= 0.3 is 6.03 Å². The molecule has 1 N–H and O–H groups in total. The van der Waals surface area contributed by atoms with Crippen LogP contribution in [-0.2, 0) is 6.42 Å².